The fraction of sp³-hybridized carbons (Fsp3) is 0.278. The highest BCUT2D eigenvalue weighted by atomic mass is 35.5. The van der Waals surface area contributed by atoms with Crippen LogP contribution in [0, 0.1) is 13.8 Å². The minimum absolute atomic E-state index is 0.0450. The Morgan fingerprint density at radius 1 is 1.23 bits per heavy atom. The Morgan fingerprint density at radius 2 is 2.04 bits per heavy atom. The fourth-order valence-corrected chi connectivity index (χ4v) is 5.11. The Kier molecular flexibility index (Phi) is 4.54. The summed E-state index contributed by atoms with van der Waals surface area (Å²) in [5, 5.41) is 2.16. The van der Waals surface area contributed by atoms with Gasteiger partial charge in [-0.3, -0.25) is 9.36 Å². The Morgan fingerprint density at radius 3 is 2.81 bits per heavy atom. The highest BCUT2D eigenvalue weighted by Crippen LogP contribution is 2.29. The highest BCUT2D eigenvalue weighted by Gasteiger charge is 2.16. The molecule has 0 aromatic carbocycles. The molecular formula is C18H17ClN4OS2. The number of nitrogens with zero attached hydrogens (tertiary/aromatic N) is 4. The molecule has 134 valence electrons. The maximum Gasteiger partial charge on any atom is 0.263 e. The highest BCUT2D eigenvalue weighted by molar-refractivity contribution is 7.98. The maximum absolute atomic E-state index is 12.9. The first-order valence-electron chi connectivity index (χ1n) is 8.24. The minimum Gasteiger partial charge on any atom is -0.305 e. The van der Waals surface area contributed by atoms with E-state index in [1.165, 1.54) is 11.8 Å². The number of thioether (sulfide) groups is 1. The van der Waals surface area contributed by atoms with E-state index in [9.17, 15) is 4.79 Å². The van der Waals surface area contributed by atoms with Crippen molar-refractivity contribution < 1.29 is 0 Å². The van der Waals surface area contributed by atoms with E-state index in [0.717, 1.165) is 37.2 Å². The monoisotopic (exact) mass is 404 g/mol. The average molecular weight is 405 g/mol. The van der Waals surface area contributed by atoms with E-state index in [0.29, 0.717) is 17.3 Å². The lowest BCUT2D eigenvalue weighted by molar-refractivity contribution is 0.635. The molecule has 4 aromatic rings. The molecule has 8 heteroatoms. The lowest BCUT2D eigenvalue weighted by Crippen LogP contribution is -2.22. The minimum atomic E-state index is 0.0450. The van der Waals surface area contributed by atoms with Crippen LogP contribution in [0.3, 0.4) is 0 Å². The van der Waals surface area contributed by atoms with Crippen LogP contribution in [0.5, 0.6) is 0 Å². The first kappa shape index (κ1) is 17.6. The lowest BCUT2D eigenvalue weighted by atomic mass is 10.2. The molecule has 4 aromatic heterocycles. The van der Waals surface area contributed by atoms with Gasteiger partial charge in [-0.1, -0.05) is 23.4 Å². The Bertz CT molecular complexity index is 1190. The third-order valence-corrected chi connectivity index (χ3v) is 6.72. The van der Waals surface area contributed by atoms with E-state index < -0.39 is 0 Å². The van der Waals surface area contributed by atoms with Crippen molar-refractivity contribution in [2.24, 2.45) is 0 Å². The summed E-state index contributed by atoms with van der Waals surface area (Å²) in [5.41, 5.74) is 2.86. The van der Waals surface area contributed by atoms with E-state index in [1.807, 2.05) is 49.7 Å². The predicted molar refractivity (Wildman–Crippen MR) is 109 cm³/mol. The number of aryl methyl sites for hydroxylation is 2. The maximum atomic E-state index is 12.9. The van der Waals surface area contributed by atoms with E-state index in [1.54, 1.807) is 15.9 Å². The Hall–Kier alpha value is -1.83. The predicted octanol–water partition coefficient (Wildman–Crippen LogP) is 4.69. The van der Waals surface area contributed by atoms with E-state index in [2.05, 4.69) is 4.98 Å². The molecule has 0 radical (unpaired) electrons. The van der Waals surface area contributed by atoms with Gasteiger partial charge >= 0.3 is 0 Å². The molecule has 0 saturated heterocycles. The molecule has 0 unspecified atom stereocenters. The number of thiophene rings is 1. The number of pyridine rings is 1. The Labute approximate surface area is 163 Å². The molecule has 0 aliphatic carbocycles. The standard InChI is InChI=1S/C18H17ClN4OS2/c1-4-23-17(24)15-10(2)11(3)26-16(15)21-18(23)25-9-13-8-22-7-12(19)5-6-14(22)20-13/h5-8H,4,9H2,1-3H3. The summed E-state index contributed by atoms with van der Waals surface area (Å²) in [5.74, 6) is 0.639. The largest absolute Gasteiger partial charge is 0.305 e. The van der Waals surface area contributed by atoms with Crippen molar-refractivity contribution in [2.75, 3.05) is 0 Å². The SMILES string of the molecule is CCn1c(SCc2cn3cc(Cl)ccc3n2)nc2sc(C)c(C)c2c1=O. The molecule has 0 aliphatic rings. The summed E-state index contributed by atoms with van der Waals surface area (Å²) in [7, 11) is 0. The van der Waals surface area contributed by atoms with Crippen LogP contribution in [-0.2, 0) is 12.3 Å². The average Bonchev–Trinajstić information content (AvgIpc) is 3.13. The lowest BCUT2D eigenvalue weighted by Gasteiger charge is -2.09. The first-order valence-corrected chi connectivity index (χ1v) is 10.4. The zero-order valence-electron chi connectivity index (χ0n) is 14.6. The van der Waals surface area contributed by atoms with Crippen LogP contribution >= 0.6 is 34.7 Å². The van der Waals surface area contributed by atoms with Gasteiger partial charge in [-0.25, -0.2) is 9.97 Å². The molecule has 0 atom stereocenters. The quantitative estimate of drug-likeness (QED) is 0.366. The summed E-state index contributed by atoms with van der Waals surface area (Å²) >= 11 is 9.15. The Balaban J connectivity index is 1.70. The number of imidazole rings is 1. The zero-order chi connectivity index (χ0) is 18.4. The van der Waals surface area contributed by atoms with Crippen LogP contribution in [-0.4, -0.2) is 18.9 Å². The van der Waals surface area contributed by atoms with Crippen LogP contribution in [0.4, 0.5) is 0 Å². The number of hydrogen-bond acceptors (Lipinski definition) is 5. The van der Waals surface area contributed by atoms with Crippen LogP contribution in [0.25, 0.3) is 15.9 Å². The smallest absolute Gasteiger partial charge is 0.263 e. The van der Waals surface area contributed by atoms with Gasteiger partial charge in [0.15, 0.2) is 5.16 Å². The third kappa shape index (κ3) is 2.94. The van der Waals surface area contributed by atoms with Gasteiger partial charge < -0.3 is 4.40 Å². The topological polar surface area (TPSA) is 52.2 Å². The second-order valence-electron chi connectivity index (χ2n) is 6.04. The number of aromatic nitrogens is 4. The number of fused-ring (bicyclic) bond motifs is 2. The van der Waals surface area contributed by atoms with E-state index in [4.69, 9.17) is 16.6 Å². The second kappa shape index (κ2) is 6.72. The van der Waals surface area contributed by atoms with Gasteiger partial charge in [-0.05, 0) is 38.5 Å². The summed E-state index contributed by atoms with van der Waals surface area (Å²) < 4.78 is 3.66. The van der Waals surface area contributed by atoms with Crippen molar-refractivity contribution in [3.05, 3.63) is 56.0 Å². The molecule has 0 aliphatic heterocycles. The van der Waals surface area contributed by atoms with Crippen LogP contribution < -0.4 is 5.56 Å². The van der Waals surface area contributed by atoms with Crippen LogP contribution in [0.15, 0.2) is 34.5 Å². The van der Waals surface area contributed by atoms with Gasteiger partial charge in [0, 0.05) is 29.6 Å². The van der Waals surface area contributed by atoms with Crippen LogP contribution in [0.1, 0.15) is 23.1 Å². The molecule has 0 spiro atoms. The van der Waals surface area contributed by atoms with Crippen molar-refractivity contribution in [3.63, 3.8) is 0 Å². The van der Waals surface area contributed by atoms with Crippen molar-refractivity contribution in [3.8, 4) is 0 Å². The van der Waals surface area contributed by atoms with Gasteiger partial charge in [-0.2, -0.15) is 0 Å². The first-order chi connectivity index (χ1) is 12.5. The summed E-state index contributed by atoms with van der Waals surface area (Å²) in [6, 6.07) is 3.71. The normalized spacial score (nSPS) is 11.7. The van der Waals surface area contributed by atoms with Gasteiger partial charge in [-0.15, -0.1) is 11.3 Å². The van der Waals surface area contributed by atoms with Gasteiger partial charge in [0.05, 0.1) is 16.1 Å². The van der Waals surface area contributed by atoms with Crippen LogP contribution in [0.2, 0.25) is 5.02 Å². The molecular weight excluding hydrogens is 388 g/mol. The molecule has 4 rings (SSSR count). The van der Waals surface area contributed by atoms with Crippen molar-refractivity contribution in [2.45, 2.75) is 38.2 Å². The van der Waals surface area contributed by atoms with Crippen molar-refractivity contribution in [1.82, 2.24) is 18.9 Å². The number of hydrogen-bond donors (Lipinski definition) is 0. The van der Waals surface area contributed by atoms with Crippen molar-refractivity contribution >= 4 is 50.6 Å². The molecule has 0 N–H and O–H groups in total. The fourth-order valence-electron chi connectivity index (χ4n) is 2.92. The molecule has 0 bridgehead atoms. The van der Waals surface area contributed by atoms with Crippen molar-refractivity contribution in [1.29, 1.82) is 0 Å². The van der Waals surface area contributed by atoms with Gasteiger partial charge in [0.1, 0.15) is 10.5 Å². The van der Waals surface area contributed by atoms with Gasteiger partial charge in [0.25, 0.3) is 5.56 Å². The summed E-state index contributed by atoms with van der Waals surface area (Å²) in [6.45, 7) is 6.59. The number of halogens is 1. The second-order valence-corrected chi connectivity index (χ2v) is 8.62. The molecule has 26 heavy (non-hydrogen) atoms. The molecule has 5 nitrogen and oxygen atoms in total. The summed E-state index contributed by atoms with van der Waals surface area (Å²) in [4.78, 5) is 24.2. The summed E-state index contributed by atoms with van der Waals surface area (Å²) in [6.07, 6.45) is 3.79. The molecule has 0 saturated carbocycles. The van der Waals surface area contributed by atoms with E-state index >= 15 is 0 Å². The van der Waals surface area contributed by atoms with Gasteiger partial charge in [0.2, 0.25) is 0 Å². The van der Waals surface area contributed by atoms with E-state index in [-0.39, 0.29) is 5.56 Å². The zero-order valence-corrected chi connectivity index (χ0v) is 17.0. The molecule has 0 amide bonds. The molecule has 0 fully saturated rings. The number of rotatable bonds is 4. The molecule has 4 heterocycles. The third-order valence-electron chi connectivity index (χ3n) is 4.38.